The Kier molecular flexibility index (Phi) is 6.55. The molecule has 2 aromatic rings. The van der Waals surface area contributed by atoms with E-state index >= 15 is 0 Å². The fourth-order valence-electron chi connectivity index (χ4n) is 3.74. The minimum absolute atomic E-state index is 0.103. The molecule has 0 aliphatic carbocycles. The number of hydrogen-bond acceptors (Lipinski definition) is 4. The van der Waals surface area contributed by atoms with Gasteiger partial charge < -0.3 is 15.1 Å². The molecule has 3 rings (SSSR count). The summed E-state index contributed by atoms with van der Waals surface area (Å²) in [5.74, 6) is 1.52. The van der Waals surface area contributed by atoms with Crippen molar-refractivity contribution < 1.29 is 4.79 Å². The molecule has 2 heterocycles. The van der Waals surface area contributed by atoms with Gasteiger partial charge in [0.25, 0.3) is 5.91 Å². The number of piperidine rings is 1. The molecule has 5 heteroatoms. The summed E-state index contributed by atoms with van der Waals surface area (Å²) >= 11 is 0. The van der Waals surface area contributed by atoms with Crippen molar-refractivity contribution in [3.05, 3.63) is 47.7 Å². The molecular weight excluding hydrogens is 348 g/mol. The first-order valence-corrected chi connectivity index (χ1v) is 10.4. The van der Waals surface area contributed by atoms with Crippen molar-refractivity contribution >= 4 is 23.1 Å². The molecule has 5 nitrogen and oxygen atoms in total. The highest BCUT2D eigenvalue weighted by atomic mass is 16.2. The molecule has 28 heavy (non-hydrogen) atoms. The van der Waals surface area contributed by atoms with Gasteiger partial charge in [0.05, 0.1) is 0 Å². The van der Waals surface area contributed by atoms with E-state index in [2.05, 4.69) is 61.1 Å². The number of pyridine rings is 1. The third-order valence-electron chi connectivity index (χ3n) is 5.68. The van der Waals surface area contributed by atoms with Gasteiger partial charge in [0, 0.05) is 49.3 Å². The standard InChI is InChI=1S/C23H32N4O/c1-5-26(6-2)20-7-8-21(18(4)15-20)25-22-16-19(9-12-24-22)23(28)27-13-10-17(3)11-14-27/h7-9,12,15-17H,5-6,10-11,13-14H2,1-4H3,(H,24,25). The van der Waals surface area contributed by atoms with Crippen molar-refractivity contribution in [1.82, 2.24) is 9.88 Å². The Labute approximate surface area is 168 Å². The van der Waals surface area contributed by atoms with Crippen LogP contribution >= 0.6 is 0 Å². The number of aryl methyl sites for hydroxylation is 1. The summed E-state index contributed by atoms with van der Waals surface area (Å²) in [6.07, 6.45) is 3.88. The second kappa shape index (κ2) is 9.09. The number of nitrogens with zero attached hydrogens (tertiary/aromatic N) is 3. The number of rotatable bonds is 6. The zero-order chi connectivity index (χ0) is 20.1. The summed E-state index contributed by atoms with van der Waals surface area (Å²) in [6, 6.07) is 10.1. The Balaban J connectivity index is 1.73. The van der Waals surface area contributed by atoms with Crippen molar-refractivity contribution in [2.75, 3.05) is 36.4 Å². The van der Waals surface area contributed by atoms with E-state index in [1.165, 1.54) is 5.69 Å². The molecular formula is C23H32N4O. The number of carbonyl (C=O) groups is 1. The van der Waals surface area contributed by atoms with Gasteiger partial charge in [-0.15, -0.1) is 0 Å². The highest BCUT2D eigenvalue weighted by Gasteiger charge is 2.21. The molecule has 0 unspecified atom stereocenters. The number of hydrogen-bond donors (Lipinski definition) is 1. The highest BCUT2D eigenvalue weighted by Crippen LogP contribution is 2.26. The van der Waals surface area contributed by atoms with Crippen LogP contribution in [0.5, 0.6) is 0 Å². The fourth-order valence-corrected chi connectivity index (χ4v) is 3.74. The lowest BCUT2D eigenvalue weighted by Gasteiger charge is -2.30. The monoisotopic (exact) mass is 380 g/mol. The molecule has 1 amide bonds. The van der Waals surface area contributed by atoms with Crippen LogP contribution in [0.1, 0.15) is 49.5 Å². The first kappa shape index (κ1) is 20.2. The minimum atomic E-state index is 0.103. The van der Waals surface area contributed by atoms with Crippen LogP contribution in [0.4, 0.5) is 17.2 Å². The summed E-state index contributed by atoms with van der Waals surface area (Å²) < 4.78 is 0. The predicted molar refractivity (Wildman–Crippen MR) is 117 cm³/mol. The maximum Gasteiger partial charge on any atom is 0.254 e. The number of nitrogens with one attached hydrogen (secondary N) is 1. The molecule has 1 N–H and O–H groups in total. The summed E-state index contributed by atoms with van der Waals surface area (Å²) in [6.45, 7) is 12.4. The Bertz CT molecular complexity index is 808. The molecule has 150 valence electrons. The van der Waals surface area contributed by atoms with Gasteiger partial charge in [0.15, 0.2) is 0 Å². The summed E-state index contributed by atoms with van der Waals surface area (Å²) in [5.41, 5.74) is 4.10. The second-order valence-electron chi connectivity index (χ2n) is 7.70. The van der Waals surface area contributed by atoms with Crippen LogP contribution in [0.2, 0.25) is 0 Å². The second-order valence-corrected chi connectivity index (χ2v) is 7.70. The van der Waals surface area contributed by atoms with Gasteiger partial charge in [-0.25, -0.2) is 4.98 Å². The zero-order valence-electron chi connectivity index (χ0n) is 17.5. The van der Waals surface area contributed by atoms with Gasteiger partial charge in [0.2, 0.25) is 0 Å². The molecule has 1 fully saturated rings. The van der Waals surface area contributed by atoms with E-state index in [0.29, 0.717) is 17.3 Å². The molecule has 1 saturated heterocycles. The van der Waals surface area contributed by atoms with Crippen LogP contribution in [-0.2, 0) is 0 Å². The lowest BCUT2D eigenvalue weighted by atomic mass is 9.99. The summed E-state index contributed by atoms with van der Waals surface area (Å²) in [4.78, 5) is 21.5. The molecule has 0 bridgehead atoms. The number of anilines is 3. The molecule has 0 radical (unpaired) electrons. The first-order valence-electron chi connectivity index (χ1n) is 10.4. The number of carbonyl (C=O) groups excluding carboxylic acids is 1. The zero-order valence-corrected chi connectivity index (χ0v) is 17.5. The van der Waals surface area contributed by atoms with Crippen LogP contribution in [0.25, 0.3) is 0 Å². The van der Waals surface area contributed by atoms with E-state index in [1.807, 2.05) is 17.0 Å². The lowest BCUT2D eigenvalue weighted by Crippen LogP contribution is -2.37. The van der Waals surface area contributed by atoms with Gasteiger partial charge in [0.1, 0.15) is 5.82 Å². The number of amides is 1. The van der Waals surface area contributed by atoms with E-state index in [9.17, 15) is 4.79 Å². The fraction of sp³-hybridized carbons (Fsp3) is 0.478. The van der Waals surface area contributed by atoms with Crippen molar-refractivity contribution in [2.24, 2.45) is 5.92 Å². The largest absolute Gasteiger partial charge is 0.372 e. The Hall–Kier alpha value is -2.56. The maximum atomic E-state index is 12.8. The van der Waals surface area contributed by atoms with Crippen LogP contribution in [0.15, 0.2) is 36.5 Å². The Morgan fingerprint density at radius 2 is 1.89 bits per heavy atom. The third kappa shape index (κ3) is 4.64. The van der Waals surface area contributed by atoms with Crippen LogP contribution in [0.3, 0.4) is 0 Å². The molecule has 1 aromatic heterocycles. The molecule has 1 aromatic carbocycles. The van der Waals surface area contributed by atoms with Gasteiger partial charge in [-0.2, -0.15) is 0 Å². The summed E-state index contributed by atoms with van der Waals surface area (Å²) in [5, 5.41) is 3.38. The van der Waals surface area contributed by atoms with E-state index in [1.54, 1.807) is 6.20 Å². The van der Waals surface area contributed by atoms with Crippen LogP contribution in [-0.4, -0.2) is 42.0 Å². The van der Waals surface area contributed by atoms with Gasteiger partial charge in [-0.05, 0) is 75.4 Å². The number of likely N-dealkylation sites (tertiary alicyclic amines) is 1. The highest BCUT2D eigenvalue weighted by molar-refractivity contribution is 5.95. The van der Waals surface area contributed by atoms with E-state index in [0.717, 1.165) is 50.3 Å². The normalized spacial score (nSPS) is 14.8. The first-order chi connectivity index (χ1) is 13.5. The van der Waals surface area contributed by atoms with Crippen LogP contribution in [0, 0.1) is 12.8 Å². The SMILES string of the molecule is CCN(CC)c1ccc(Nc2cc(C(=O)N3CCC(C)CC3)ccn2)c(C)c1. The number of benzene rings is 1. The van der Waals surface area contributed by atoms with Crippen molar-refractivity contribution in [3.63, 3.8) is 0 Å². The predicted octanol–water partition coefficient (Wildman–Crippen LogP) is 4.85. The molecule has 0 saturated carbocycles. The lowest BCUT2D eigenvalue weighted by molar-refractivity contribution is 0.0697. The average Bonchev–Trinajstić information content (AvgIpc) is 2.71. The quantitative estimate of drug-likeness (QED) is 0.778. The average molecular weight is 381 g/mol. The molecule has 1 aliphatic heterocycles. The van der Waals surface area contributed by atoms with Crippen LogP contribution < -0.4 is 10.2 Å². The van der Waals surface area contributed by atoms with Gasteiger partial charge in [-0.1, -0.05) is 6.92 Å². The van der Waals surface area contributed by atoms with Crippen molar-refractivity contribution in [1.29, 1.82) is 0 Å². The van der Waals surface area contributed by atoms with E-state index in [4.69, 9.17) is 0 Å². The Morgan fingerprint density at radius 1 is 1.18 bits per heavy atom. The van der Waals surface area contributed by atoms with Crippen molar-refractivity contribution in [2.45, 2.75) is 40.5 Å². The summed E-state index contributed by atoms with van der Waals surface area (Å²) in [7, 11) is 0. The smallest absolute Gasteiger partial charge is 0.254 e. The van der Waals surface area contributed by atoms with Gasteiger partial charge >= 0.3 is 0 Å². The van der Waals surface area contributed by atoms with E-state index in [-0.39, 0.29) is 5.91 Å². The third-order valence-corrected chi connectivity index (χ3v) is 5.68. The minimum Gasteiger partial charge on any atom is -0.372 e. The topological polar surface area (TPSA) is 48.5 Å². The van der Waals surface area contributed by atoms with Gasteiger partial charge in [-0.3, -0.25) is 4.79 Å². The van der Waals surface area contributed by atoms with Crippen molar-refractivity contribution in [3.8, 4) is 0 Å². The molecule has 0 atom stereocenters. The maximum absolute atomic E-state index is 12.8. The molecule has 0 spiro atoms. The molecule has 1 aliphatic rings. The van der Waals surface area contributed by atoms with E-state index < -0.39 is 0 Å². The number of aromatic nitrogens is 1. The Morgan fingerprint density at radius 3 is 2.54 bits per heavy atom.